The van der Waals surface area contributed by atoms with Crippen molar-refractivity contribution in [2.75, 3.05) is 0 Å². The van der Waals surface area contributed by atoms with E-state index in [1.165, 1.54) is 0 Å². The highest BCUT2D eigenvalue weighted by molar-refractivity contribution is 7.25. The van der Waals surface area contributed by atoms with Crippen molar-refractivity contribution < 1.29 is 24.4 Å². The number of hydrogen-bond acceptors (Lipinski definition) is 4. The van der Waals surface area contributed by atoms with Gasteiger partial charge in [-0.25, -0.2) is 0 Å². The van der Waals surface area contributed by atoms with Gasteiger partial charge in [0.05, 0.1) is 5.92 Å². The van der Waals surface area contributed by atoms with E-state index in [4.69, 9.17) is 5.73 Å². The van der Waals surface area contributed by atoms with E-state index in [9.17, 15) is 24.4 Å². The molecular weight excluding hydrogens is 293 g/mol. The van der Waals surface area contributed by atoms with Gasteiger partial charge in [0.25, 0.3) is 0 Å². The first kappa shape index (κ1) is 20.0. The second kappa shape index (κ2) is 10.7. The van der Waals surface area contributed by atoms with E-state index in [-0.39, 0.29) is 19.3 Å². The van der Waals surface area contributed by atoms with Crippen LogP contribution in [0.25, 0.3) is 0 Å². The largest absolute Gasteiger partial charge is 0.481 e. The van der Waals surface area contributed by atoms with Crippen LogP contribution in [-0.2, 0) is 14.2 Å². The predicted octanol–water partition coefficient (Wildman–Crippen LogP) is 2.68. The molecule has 0 aromatic rings. The fourth-order valence-corrected chi connectivity index (χ4v) is 2.90. The van der Waals surface area contributed by atoms with Crippen LogP contribution in [0.2, 0.25) is 0 Å². The van der Waals surface area contributed by atoms with E-state index >= 15 is 0 Å². The minimum atomic E-state index is -1.83. The number of nitrogens with two attached hydrogens (primary N) is 1. The Bertz CT molecular complexity index is 350. The van der Waals surface area contributed by atoms with Gasteiger partial charge in [0, 0.05) is 6.42 Å². The van der Waals surface area contributed by atoms with Crippen molar-refractivity contribution in [1.82, 2.24) is 0 Å². The van der Waals surface area contributed by atoms with Crippen molar-refractivity contribution >= 4 is 20.3 Å². The van der Waals surface area contributed by atoms with E-state index < -0.39 is 31.6 Å². The number of carbonyl (C=O) groups excluding carboxylic acids is 1. The smallest absolute Gasteiger partial charge is 0.310 e. The van der Waals surface area contributed by atoms with E-state index in [0.717, 1.165) is 32.1 Å². The fourth-order valence-electron chi connectivity index (χ4n) is 2.29. The van der Waals surface area contributed by atoms with Gasteiger partial charge in [-0.2, -0.15) is 0 Å². The van der Waals surface area contributed by atoms with Crippen LogP contribution in [0.3, 0.4) is 0 Å². The molecule has 0 radical (unpaired) electrons. The molecule has 0 rings (SSSR count). The van der Waals surface area contributed by atoms with Crippen molar-refractivity contribution in [1.29, 1.82) is 0 Å². The molecule has 0 aliphatic heterocycles. The van der Waals surface area contributed by atoms with Gasteiger partial charge in [-0.15, -0.1) is 0 Å². The Hall–Kier alpha value is -1.00. The molecule has 2 atom stereocenters. The molecule has 2 unspecified atom stereocenters. The van der Waals surface area contributed by atoms with Crippen LogP contribution in [0.15, 0.2) is 0 Å². The Morgan fingerprint density at radius 2 is 1.76 bits per heavy atom. The minimum Gasteiger partial charge on any atom is -0.481 e. The third kappa shape index (κ3) is 8.12. The first-order valence-corrected chi connectivity index (χ1v) is 8.26. The maximum Gasteiger partial charge on any atom is 0.310 e. The first-order valence-electron chi connectivity index (χ1n) is 7.45. The topological polar surface area (TPSA) is 118 Å². The molecule has 21 heavy (non-hydrogen) atoms. The second-order valence-corrected chi connectivity index (χ2v) is 6.34. The number of primary amides is 1. The number of unbranched alkanes of at least 4 members (excludes halogenated alkanes) is 5. The Morgan fingerprint density at radius 3 is 2.24 bits per heavy atom. The number of rotatable bonds is 13. The average Bonchev–Trinajstić information content (AvgIpc) is 2.42. The van der Waals surface area contributed by atoms with Gasteiger partial charge >= 0.3 is 5.97 Å². The summed E-state index contributed by atoms with van der Waals surface area (Å²) in [5.41, 5.74) is 5.00. The van der Waals surface area contributed by atoms with Gasteiger partial charge < -0.3 is 15.9 Å². The van der Waals surface area contributed by atoms with Crippen LogP contribution in [-0.4, -0.2) is 27.4 Å². The molecule has 0 aliphatic carbocycles. The summed E-state index contributed by atoms with van der Waals surface area (Å²) in [6.45, 7) is 2.12. The summed E-state index contributed by atoms with van der Waals surface area (Å²) in [7, 11) is -0.618. The average molecular weight is 319 g/mol. The van der Waals surface area contributed by atoms with Crippen LogP contribution in [0.5, 0.6) is 0 Å². The molecule has 0 bridgehead atoms. The van der Waals surface area contributed by atoms with Gasteiger partial charge in [0.15, 0.2) is 13.8 Å². The first-order chi connectivity index (χ1) is 9.87. The zero-order valence-electron chi connectivity index (χ0n) is 12.6. The molecule has 0 saturated heterocycles. The van der Waals surface area contributed by atoms with Crippen LogP contribution in [0, 0.1) is 5.92 Å². The summed E-state index contributed by atoms with van der Waals surface area (Å²) in [6.07, 6.45) is 5.76. The Morgan fingerprint density at radius 1 is 1.19 bits per heavy atom. The van der Waals surface area contributed by atoms with Gasteiger partial charge in [-0.1, -0.05) is 39.0 Å². The molecular formula is C14H26NO5P. The van der Waals surface area contributed by atoms with Crippen LogP contribution < -0.4 is 5.73 Å². The number of hydrogen-bond donors (Lipinski definition) is 3. The lowest BCUT2D eigenvalue weighted by molar-refractivity contribution is -0.148. The zero-order chi connectivity index (χ0) is 16.3. The number of aliphatic carboxylic acids is 1. The summed E-state index contributed by atoms with van der Waals surface area (Å²) in [5.74, 6) is -3.14. The molecule has 0 aromatic heterocycles. The van der Waals surface area contributed by atoms with E-state index in [1.54, 1.807) is 0 Å². The fraction of sp³-hybridized carbons (Fsp3) is 0.857. The molecule has 122 valence electrons. The van der Waals surface area contributed by atoms with E-state index in [2.05, 4.69) is 6.92 Å². The minimum absolute atomic E-state index is 0.105. The highest BCUT2D eigenvalue weighted by atomic mass is 31.1. The van der Waals surface area contributed by atoms with Gasteiger partial charge in [-0.05, 0) is 19.3 Å². The third-order valence-electron chi connectivity index (χ3n) is 3.59. The molecule has 0 aromatic carbocycles. The maximum absolute atomic E-state index is 11.3. The van der Waals surface area contributed by atoms with Crippen molar-refractivity contribution in [3.05, 3.63) is 0 Å². The zero-order valence-corrected chi connectivity index (χ0v) is 13.5. The highest BCUT2D eigenvalue weighted by Crippen LogP contribution is 2.37. The lowest BCUT2D eigenvalue weighted by Crippen LogP contribution is -2.38. The number of aliphatic hydroxyl groups is 1. The SMILES string of the molecule is CCCCCCCCC(O)(P=O)C(CCC(N)=O)C(=O)O. The van der Waals surface area contributed by atoms with Crippen molar-refractivity contribution in [3.8, 4) is 0 Å². The summed E-state index contributed by atoms with van der Waals surface area (Å²) in [6, 6.07) is 0. The summed E-state index contributed by atoms with van der Waals surface area (Å²) >= 11 is 0. The number of carboxylic acids is 1. The van der Waals surface area contributed by atoms with E-state index in [0.29, 0.717) is 6.42 Å². The number of carboxylic acid groups (broad SMARTS) is 1. The lowest BCUT2D eigenvalue weighted by atomic mass is 9.91. The van der Waals surface area contributed by atoms with Gasteiger partial charge in [0.2, 0.25) is 5.91 Å². The monoisotopic (exact) mass is 319 g/mol. The Balaban J connectivity index is 4.45. The molecule has 0 fully saturated rings. The summed E-state index contributed by atoms with van der Waals surface area (Å²) in [4.78, 5) is 22.0. The van der Waals surface area contributed by atoms with Crippen LogP contribution >= 0.6 is 8.46 Å². The Labute approximate surface area is 127 Å². The Kier molecular flexibility index (Phi) is 10.2. The van der Waals surface area contributed by atoms with Crippen molar-refractivity contribution in [3.63, 3.8) is 0 Å². The van der Waals surface area contributed by atoms with Gasteiger partial charge in [0.1, 0.15) is 0 Å². The van der Waals surface area contributed by atoms with Crippen molar-refractivity contribution in [2.45, 2.75) is 70.1 Å². The van der Waals surface area contributed by atoms with Crippen LogP contribution in [0.1, 0.15) is 64.7 Å². The van der Waals surface area contributed by atoms with Crippen molar-refractivity contribution in [2.24, 2.45) is 11.7 Å². The molecule has 7 heteroatoms. The quantitative estimate of drug-likeness (QED) is 0.356. The predicted molar refractivity (Wildman–Crippen MR) is 80.1 cm³/mol. The molecule has 1 amide bonds. The third-order valence-corrected chi connectivity index (χ3v) is 4.44. The molecule has 0 heterocycles. The van der Waals surface area contributed by atoms with E-state index in [1.807, 2.05) is 0 Å². The second-order valence-electron chi connectivity index (χ2n) is 5.38. The lowest BCUT2D eigenvalue weighted by Gasteiger charge is -2.27. The number of carbonyl (C=O) groups is 2. The van der Waals surface area contributed by atoms with Crippen LogP contribution in [0.4, 0.5) is 0 Å². The molecule has 0 aliphatic rings. The standard InChI is InChI=1S/C14H26NO5P/c1-2-3-4-5-6-7-10-14(19,21-20)11(13(17)18)8-9-12(15)16/h11,19H,2-10H2,1H3,(H2,15,16)(H,17,18). The molecule has 4 N–H and O–H groups in total. The number of amides is 1. The molecule has 0 spiro atoms. The maximum atomic E-state index is 11.3. The molecule has 6 nitrogen and oxygen atoms in total. The summed E-state index contributed by atoms with van der Waals surface area (Å²) < 4.78 is 11.3. The molecule has 0 saturated carbocycles. The highest BCUT2D eigenvalue weighted by Gasteiger charge is 2.42. The van der Waals surface area contributed by atoms with Gasteiger partial charge in [-0.3, -0.25) is 14.2 Å². The summed E-state index contributed by atoms with van der Waals surface area (Å²) in [5, 5.41) is 17.7. The normalized spacial score (nSPS) is 15.5.